The second-order valence-corrected chi connectivity index (χ2v) is 7.73. The molecule has 0 aromatic heterocycles. The molecule has 0 amide bonds. The molecule has 0 unspecified atom stereocenters. The Morgan fingerprint density at radius 3 is 2.71 bits per heavy atom. The standard InChI is InChI=1S/C15H24N2O3S/c1-15(6-8-16-9-7-15)12-17-21(18,19)14-5-3-4-13(10-14)11-20-2/h3-5,10,16-17H,6-9,11-12H2,1-2H3. The van der Waals surface area contributed by atoms with Crippen LogP contribution in [0.2, 0.25) is 0 Å². The fourth-order valence-electron chi connectivity index (χ4n) is 2.53. The van der Waals surface area contributed by atoms with E-state index in [-0.39, 0.29) is 5.41 Å². The number of sulfonamides is 1. The Balaban J connectivity index is 2.05. The molecule has 1 aromatic rings. The van der Waals surface area contributed by atoms with Crippen molar-refractivity contribution in [1.82, 2.24) is 10.0 Å². The zero-order valence-electron chi connectivity index (χ0n) is 12.7. The molecule has 0 spiro atoms. The van der Waals surface area contributed by atoms with Gasteiger partial charge in [-0.3, -0.25) is 0 Å². The van der Waals surface area contributed by atoms with Crippen molar-refractivity contribution in [2.24, 2.45) is 5.41 Å². The van der Waals surface area contributed by atoms with Crippen molar-refractivity contribution in [2.45, 2.75) is 31.3 Å². The van der Waals surface area contributed by atoms with Gasteiger partial charge in [0.1, 0.15) is 0 Å². The van der Waals surface area contributed by atoms with Crippen LogP contribution in [0.3, 0.4) is 0 Å². The Labute approximate surface area is 127 Å². The van der Waals surface area contributed by atoms with Crippen LogP contribution in [0.1, 0.15) is 25.3 Å². The van der Waals surface area contributed by atoms with Gasteiger partial charge in [-0.1, -0.05) is 19.1 Å². The van der Waals surface area contributed by atoms with E-state index in [4.69, 9.17) is 4.74 Å². The first-order valence-corrected chi connectivity index (χ1v) is 8.72. The first kappa shape index (κ1) is 16.4. The van der Waals surface area contributed by atoms with E-state index < -0.39 is 10.0 Å². The molecule has 1 saturated heterocycles. The SMILES string of the molecule is COCc1cccc(S(=O)(=O)NCC2(C)CCNCC2)c1. The second kappa shape index (κ2) is 6.87. The Hall–Kier alpha value is -0.950. The van der Waals surface area contributed by atoms with E-state index in [1.54, 1.807) is 25.3 Å². The molecule has 0 saturated carbocycles. The second-order valence-electron chi connectivity index (χ2n) is 5.97. The Bertz CT molecular complexity index is 566. The number of methoxy groups -OCH3 is 1. The average molecular weight is 312 g/mol. The fraction of sp³-hybridized carbons (Fsp3) is 0.600. The van der Waals surface area contributed by atoms with Gasteiger partial charge in [0.05, 0.1) is 11.5 Å². The number of benzene rings is 1. The van der Waals surface area contributed by atoms with Crippen molar-refractivity contribution in [3.63, 3.8) is 0 Å². The molecule has 1 aromatic carbocycles. The van der Waals surface area contributed by atoms with Crippen LogP contribution >= 0.6 is 0 Å². The van der Waals surface area contributed by atoms with Gasteiger partial charge in [-0.2, -0.15) is 0 Å². The summed E-state index contributed by atoms with van der Waals surface area (Å²) in [5, 5.41) is 3.30. The van der Waals surface area contributed by atoms with Crippen LogP contribution in [0, 0.1) is 5.41 Å². The number of nitrogens with one attached hydrogen (secondary N) is 2. The summed E-state index contributed by atoms with van der Waals surface area (Å²) in [5.41, 5.74) is 0.885. The first-order valence-electron chi connectivity index (χ1n) is 7.23. The van der Waals surface area contributed by atoms with Gasteiger partial charge in [0, 0.05) is 13.7 Å². The number of rotatable bonds is 6. The monoisotopic (exact) mass is 312 g/mol. The van der Waals surface area contributed by atoms with Crippen LogP contribution in [-0.4, -0.2) is 35.2 Å². The molecule has 118 valence electrons. The van der Waals surface area contributed by atoms with E-state index in [0.29, 0.717) is 18.0 Å². The van der Waals surface area contributed by atoms with Crippen molar-refractivity contribution in [2.75, 3.05) is 26.7 Å². The van der Waals surface area contributed by atoms with Crippen LogP contribution in [0.15, 0.2) is 29.2 Å². The molecule has 2 N–H and O–H groups in total. The molecule has 1 fully saturated rings. The zero-order valence-corrected chi connectivity index (χ0v) is 13.5. The summed E-state index contributed by atoms with van der Waals surface area (Å²) < 4.78 is 32.6. The van der Waals surface area contributed by atoms with E-state index in [1.165, 1.54) is 0 Å². The molecular formula is C15H24N2O3S. The van der Waals surface area contributed by atoms with E-state index in [0.717, 1.165) is 31.5 Å². The van der Waals surface area contributed by atoms with Crippen LogP contribution in [0.4, 0.5) is 0 Å². The van der Waals surface area contributed by atoms with E-state index in [2.05, 4.69) is 17.0 Å². The molecule has 21 heavy (non-hydrogen) atoms. The summed E-state index contributed by atoms with van der Waals surface area (Å²) in [6.07, 6.45) is 1.97. The van der Waals surface area contributed by atoms with Crippen molar-refractivity contribution < 1.29 is 13.2 Å². The molecule has 6 heteroatoms. The molecule has 1 aliphatic heterocycles. The highest BCUT2D eigenvalue weighted by Gasteiger charge is 2.28. The Kier molecular flexibility index (Phi) is 5.37. The molecule has 0 aliphatic carbocycles. The number of hydrogen-bond donors (Lipinski definition) is 2. The smallest absolute Gasteiger partial charge is 0.240 e. The molecular weight excluding hydrogens is 288 g/mol. The predicted octanol–water partition coefficient (Wildman–Crippen LogP) is 1.50. The maximum Gasteiger partial charge on any atom is 0.240 e. The van der Waals surface area contributed by atoms with Gasteiger partial charge in [0.15, 0.2) is 0 Å². The van der Waals surface area contributed by atoms with Crippen LogP contribution < -0.4 is 10.0 Å². The third-order valence-electron chi connectivity index (χ3n) is 4.02. The molecule has 0 bridgehead atoms. The molecule has 0 radical (unpaired) electrons. The molecule has 0 atom stereocenters. The van der Waals surface area contributed by atoms with Crippen LogP contribution in [-0.2, 0) is 21.4 Å². The maximum atomic E-state index is 12.4. The van der Waals surface area contributed by atoms with Crippen molar-refractivity contribution in [1.29, 1.82) is 0 Å². The number of hydrogen-bond acceptors (Lipinski definition) is 4. The predicted molar refractivity (Wildman–Crippen MR) is 82.6 cm³/mol. The van der Waals surface area contributed by atoms with Gasteiger partial charge in [-0.15, -0.1) is 0 Å². The third-order valence-corrected chi connectivity index (χ3v) is 5.42. The number of piperidine rings is 1. The zero-order chi connectivity index (χ0) is 15.3. The third kappa shape index (κ3) is 4.51. The van der Waals surface area contributed by atoms with Gasteiger partial charge < -0.3 is 10.1 Å². The van der Waals surface area contributed by atoms with Gasteiger partial charge in [0.2, 0.25) is 10.0 Å². The lowest BCUT2D eigenvalue weighted by molar-refractivity contribution is 0.184. The minimum absolute atomic E-state index is 0.0302. The highest BCUT2D eigenvalue weighted by atomic mass is 32.2. The summed E-state index contributed by atoms with van der Waals surface area (Å²) in [4.78, 5) is 0.301. The fourth-order valence-corrected chi connectivity index (χ4v) is 3.80. The number of ether oxygens (including phenoxy) is 1. The van der Waals surface area contributed by atoms with Crippen molar-refractivity contribution in [3.8, 4) is 0 Å². The van der Waals surface area contributed by atoms with Gasteiger partial charge in [0.25, 0.3) is 0 Å². The molecule has 2 rings (SSSR count). The highest BCUT2D eigenvalue weighted by Crippen LogP contribution is 2.27. The Morgan fingerprint density at radius 2 is 2.05 bits per heavy atom. The Morgan fingerprint density at radius 1 is 1.33 bits per heavy atom. The summed E-state index contributed by atoms with van der Waals surface area (Å²) in [6.45, 7) is 4.92. The van der Waals surface area contributed by atoms with Crippen LogP contribution in [0.5, 0.6) is 0 Å². The van der Waals surface area contributed by atoms with Gasteiger partial charge in [-0.05, 0) is 49.0 Å². The molecule has 1 heterocycles. The highest BCUT2D eigenvalue weighted by molar-refractivity contribution is 7.89. The lowest BCUT2D eigenvalue weighted by Gasteiger charge is -2.34. The van der Waals surface area contributed by atoms with Gasteiger partial charge >= 0.3 is 0 Å². The quantitative estimate of drug-likeness (QED) is 0.835. The summed E-state index contributed by atoms with van der Waals surface area (Å²) in [7, 11) is -1.87. The minimum Gasteiger partial charge on any atom is -0.380 e. The normalized spacial score (nSPS) is 18.6. The van der Waals surface area contributed by atoms with E-state index in [9.17, 15) is 8.42 Å². The lowest BCUT2D eigenvalue weighted by atomic mass is 9.81. The minimum atomic E-state index is -3.46. The van der Waals surface area contributed by atoms with Gasteiger partial charge in [-0.25, -0.2) is 13.1 Å². The lowest BCUT2D eigenvalue weighted by Crippen LogP contribution is -2.42. The largest absolute Gasteiger partial charge is 0.380 e. The maximum absolute atomic E-state index is 12.4. The first-order chi connectivity index (χ1) is 9.95. The summed E-state index contributed by atoms with van der Waals surface area (Å²) in [6, 6.07) is 6.88. The summed E-state index contributed by atoms with van der Waals surface area (Å²) >= 11 is 0. The molecule has 1 aliphatic rings. The van der Waals surface area contributed by atoms with Crippen molar-refractivity contribution in [3.05, 3.63) is 29.8 Å². The van der Waals surface area contributed by atoms with E-state index >= 15 is 0 Å². The summed E-state index contributed by atoms with van der Waals surface area (Å²) in [5.74, 6) is 0. The van der Waals surface area contributed by atoms with Crippen LogP contribution in [0.25, 0.3) is 0 Å². The average Bonchev–Trinajstić information content (AvgIpc) is 2.47. The molecule has 5 nitrogen and oxygen atoms in total. The van der Waals surface area contributed by atoms with E-state index in [1.807, 2.05) is 6.07 Å². The topological polar surface area (TPSA) is 67.4 Å². The van der Waals surface area contributed by atoms with Crippen molar-refractivity contribution >= 4 is 10.0 Å².